The predicted octanol–water partition coefficient (Wildman–Crippen LogP) is 8.14. The van der Waals surface area contributed by atoms with Gasteiger partial charge in [-0.2, -0.15) is 26.3 Å². The van der Waals surface area contributed by atoms with Crippen LogP contribution >= 0.6 is 0 Å². The van der Waals surface area contributed by atoms with E-state index in [1.54, 1.807) is 0 Å². The maximum Gasteiger partial charge on any atom is 0.411 e. The van der Waals surface area contributed by atoms with Crippen LogP contribution in [0.4, 0.5) is 26.3 Å². The Morgan fingerprint density at radius 1 is 0.800 bits per heavy atom. The second-order valence-electron chi connectivity index (χ2n) is 8.41. The van der Waals surface area contributed by atoms with E-state index in [0.717, 1.165) is 38.2 Å². The van der Waals surface area contributed by atoms with Gasteiger partial charge in [0.25, 0.3) is 0 Å². The first-order valence-electron chi connectivity index (χ1n) is 10.3. The van der Waals surface area contributed by atoms with E-state index in [4.69, 9.17) is 0 Å². The van der Waals surface area contributed by atoms with E-state index >= 15 is 0 Å². The molecule has 0 unspecified atom stereocenters. The summed E-state index contributed by atoms with van der Waals surface area (Å²) in [4.78, 5) is 0. The van der Waals surface area contributed by atoms with Crippen LogP contribution in [0.5, 0.6) is 0 Å². The molecule has 0 bridgehead atoms. The van der Waals surface area contributed by atoms with E-state index in [0.29, 0.717) is 5.92 Å². The van der Waals surface area contributed by atoms with E-state index in [9.17, 15) is 26.3 Å². The topological polar surface area (TPSA) is 18.5 Å². The standard InChI is InChI=1S/C22H36F6O2/c1-17(2)9-6-10-18(3)11-7-12-19(4)13-8-14-20(5,29-15-21(23,24)25)30-16-22(26,27)28/h11,13,17H,6-10,12,14-16H2,1-5H3/b18-11-,19-13-. The van der Waals surface area contributed by atoms with Crippen LogP contribution in [0.15, 0.2) is 23.3 Å². The lowest BCUT2D eigenvalue weighted by atomic mass is 10.0. The van der Waals surface area contributed by atoms with Gasteiger partial charge in [0.1, 0.15) is 13.2 Å². The van der Waals surface area contributed by atoms with Crippen LogP contribution in [0, 0.1) is 5.92 Å². The van der Waals surface area contributed by atoms with Crippen molar-refractivity contribution in [3.8, 4) is 0 Å². The largest absolute Gasteiger partial charge is 0.411 e. The van der Waals surface area contributed by atoms with Gasteiger partial charge in [-0.1, -0.05) is 43.6 Å². The number of allylic oxidation sites excluding steroid dienone is 4. The van der Waals surface area contributed by atoms with Crippen molar-refractivity contribution in [2.24, 2.45) is 5.92 Å². The van der Waals surface area contributed by atoms with Crippen LogP contribution in [0.1, 0.15) is 79.6 Å². The van der Waals surface area contributed by atoms with Gasteiger partial charge in [-0.15, -0.1) is 0 Å². The van der Waals surface area contributed by atoms with Crippen LogP contribution in [0.3, 0.4) is 0 Å². The summed E-state index contributed by atoms with van der Waals surface area (Å²) in [6.45, 7) is 6.17. The summed E-state index contributed by atoms with van der Waals surface area (Å²) in [6.07, 6.45) is -0.106. The van der Waals surface area contributed by atoms with Gasteiger partial charge in [-0.3, -0.25) is 0 Å². The molecule has 0 aromatic carbocycles. The second kappa shape index (κ2) is 13.4. The highest BCUT2D eigenvalue weighted by Gasteiger charge is 2.38. The van der Waals surface area contributed by atoms with Gasteiger partial charge in [-0.25, -0.2) is 0 Å². The van der Waals surface area contributed by atoms with Crippen molar-refractivity contribution >= 4 is 0 Å². The number of hydrogen-bond acceptors (Lipinski definition) is 2. The van der Waals surface area contributed by atoms with Crippen molar-refractivity contribution in [3.05, 3.63) is 23.3 Å². The van der Waals surface area contributed by atoms with Gasteiger partial charge in [-0.05, 0) is 58.8 Å². The number of halogens is 6. The molecule has 2 nitrogen and oxygen atoms in total. The average Bonchev–Trinajstić information content (AvgIpc) is 2.57. The van der Waals surface area contributed by atoms with Crippen molar-refractivity contribution in [2.45, 2.75) is 97.7 Å². The van der Waals surface area contributed by atoms with E-state index in [-0.39, 0.29) is 12.8 Å². The summed E-state index contributed by atoms with van der Waals surface area (Å²) in [5, 5.41) is 0. The summed E-state index contributed by atoms with van der Waals surface area (Å²) in [5.41, 5.74) is 2.35. The minimum atomic E-state index is -4.64. The predicted molar refractivity (Wildman–Crippen MR) is 107 cm³/mol. The molecule has 0 heterocycles. The molecule has 178 valence electrons. The van der Waals surface area contributed by atoms with Crippen molar-refractivity contribution in [3.63, 3.8) is 0 Å². The summed E-state index contributed by atoms with van der Waals surface area (Å²) in [5.74, 6) is -1.27. The zero-order chi connectivity index (χ0) is 23.4. The Labute approximate surface area is 176 Å². The third-order valence-corrected chi connectivity index (χ3v) is 4.56. The SMILES string of the molecule is C/C(=C/CCC(C)(OCC(F)(F)F)OCC(F)(F)F)CC/C=C(/C)CCCC(C)C. The molecule has 0 amide bonds. The number of alkyl halides is 6. The molecule has 8 heteroatoms. The van der Waals surface area contributed by atoms with Crippen LogP contribution in [0.25, 0.3) is 0 Å². The molecule has 0 atom stereocenters. The Bertz CT molecular complexity index is 515. The molecule has 0 fully saturated rings. The Hall–Kier alpha value is -1.02. The molecular formula is C22H36F6O2. The van der Waals surface area contributed by atoms with Crippen molar-refractivity contribution in [2.75, 3.05) is 13.2 Å². The van der Waals surface area contributed by atoms with Gasteiger partial charge >= 0.3 is 12.4 Å². The molecule has 0 aliphatic heterocycles. The molecule has 0 spiro atoms. The quantitative estimate of drug-likeness (QED) is 0.152. The molecule has 0 aliphatic carbocycles. The van der Waals surface area contributed by atoms with E-state index in [2.05, 4.69) is 36.3 Å². The highest BCUT2D eigenvalue weighted by molar-refractivity contribution is 5.03. The summed E-state index contributed by atoms with van der Waals surface area (Å²) < 4.78 is 83.8. The molecular weight excluding hydrogens is 410 g/mol. The molecule has 0 aliphatic rings. The minimum absolute atomic E-state index is 0.111. The summed E-state index contributed by atoms with van der Waals surface area (Å²) in [7, 11) is 0. The van der Waals surface area contributed by atoms with Crippen LogP contribution in [0.2, 0.25) is 0 Å². The van der Waals surface area contributed by atoms with E-state index in [1.165, 1.54) is 12.0 Å². The second-order valence-corrected chi connectivity index (χ2v) is 8.41. The van der Waals surface area contributed by atoms with E-state index < -0.39 is 31.4 Å². The number of rotatable bonds is 14. The Morgan fingerprint density at radius 2 is 1.27 bits per heavy atom. The highest BCUT2D eigenvalue weighted by atomic mass is 19.4. The van der Waals surface area contributed by atoms with Crippen LogP contribution < -0.4 is 0 Å². The highest BCUT2D eigenvalue weighted by Crippen LogP contribution is 2.28. The molecule has 30 heavy (non-hydrogen) atoms. The van der Waals surface area contributed by atoms with Gasteiger partial charge in [0.05, 0.1) is 0 Å². The maximum atomic E-state index is 12.4. The van der Waals surface area contributed by atoms with E-state index in [1.807, 2.05) is 13.0 Å². The Kier molecular flexibility index (Phi) is 12.9. The fraction of sp³-hybridized carbons (Fsp3) is 0.818. The fourth-order valence-corrected chi connectivity index (χ4v) is 2.78. The van der Waals surface area contributed by atoms with Crippen molar-refractivity contribution in [1.82, 2.24) is 0 Å². The number of ether oxygens (including phenoxy) is 2. The zero-order valence-corrected chi connectivity index (χ0v) is 18.7. The Morgan fingerprint density at radius 3 is 1.73 bits per heavy atom. The van der Waals surface area contributed by atoms with Gasteiger partial charge in [0.15, 0.2) is 5.79 Å². The molecule has 0 saturated heterocycles. The molecule has 0 rings (SSSR count). The molecule has 0 saturated carbocycles. The van der Waals surface area contributed by atoms with Gasteiger partial charge in [0, 0.05) is 6.42 Å². The summed E-state index contributed by atoms with van der Waals surface area (Å²) >= 11 is 0. The lowest BCUT2D eigenvalue weighted by Crippen LogP contribution is -2.39. The summed E-state index contributed by atoms with van der Waals surface area (Å²) in [6, 6.07) is 0. The first-order chi connectivity index (χ1) is 13.6. The van der Waals surface area contributed by atoms with Gasteiger partial charge < -0.3 is 9.47 Å². The monoisotopic (exact) mass is 446 g/mol. The maximum absolute atomic E-state index is 12.4. The molecule has 0 aromatic heterocycles. The first kappa shape index (κ1) is 29.0. The normalized spacial score (nSPS) is 14.7. The van der Waals surface area contributed by atoms with Crippen molar-refractivity contribution < 1.29 is 35.8 Å². The third-order valence-electron chi connectivity index (χ3n) is 4.56. The fourth-order valence-electron chi connectivity index (χ4n) is 2.78. The zero-order valence-electron chi connectivity index (χ0n) is 18.7. The van der Waals surface area contributed by atoms with Crippen LogP contribution in [-0.2, 0) is 9.47 Å². The number of hydrogen-bond donors (Lipinski definition) is 0. The lowest BCUT2D eigenvalue weighted by molar-refractivity contribution is -0.305. The first-order valence-corrected chi connectivity index (χ1v) is 10.3. The minimum Gasteiger partial charge on any atom is -0.341 e. The lowest BCUT2D eigenvalue weighted by Gasteiger charge is -2.30. The average molecular weight is 447 g/mol. The van der Waals surface area contributed by atoms with Gasteiger partial charge in [0.2, 0.25) is 0 Å². The molecule has 0 aromatic rings. The molecule has 0 N–H and O–H groups in total. The van der Waals surface area contributed by atoms with Crippen molar-refractivity contribution in [1.29, 1.82) is 0 Å². The smallest absolute Gasteiger partial charge is 0.341 e. The third kappa shape index (κ3) is 17.8. The van der Waals surface area contributed by atoms with Crippen LogP contribution in [-0.4, -0.2) is 31.4 Å². The molecule has 0 radical (unpaired) electrons. The Balaban J connectivity index is 4.57.